The first kappa shape index (κ1) is 18.5. The number of aromatic nitrogens is 1. The van der Waals surface area contributed by atoms with E-state index in [0.717, 1.165) is 24.5 Å². The summed E-state index contributed by atoms with van der Waals surface area (Å²) in [7, 11) is 0. The second-order valence-electron chi connectivity index (χ2n) is 6.44. The van der Waals surface area contributed by atoms with Crippen molar-refractivity contribution in [1.82, 2.24) is 4.98 Å². The van der Waals surface area contributed by atoms with Gasteiger partial charge in [-0.05, 0) is 37.0 Å². The smallest absolute Gasteiger partial charge is 0.137 e. The molecule has 0 amide bonds. The standard InChI is InChI=1S/C22H31NO/c1-3-5-7-9-17-24-21-15-16-22(23-18-21)20-13-11-19(12-14-20)10-8-6-4-2/h11-16,18H,3-10,17H2,1-2H3. The Morgan fingerprint density at radius 3 is 2.21 bits per heavy atom. The summed E-state index contributed by atoms with van der Waals surface area (Å²) in [5, 5.41) is 0. The highest BCUT2D eigenvalue weighted by Gasteiger charge is 2.01. The van der Waals surface area contributed by atoms with Crippen LogP contribution in [0.1, 0.15) is 64.4 Å². The maximum Gasteiger partial charge on any atom is 0.137 e. The van der Waals surface area contributed by atoms with Crippen molar-refractivity contribution in [3.63, 3.8) is 0 Å². The lowest BCUT2D eigenvalue weighted by Crippen LogP contribution is -1.97. The molecule has 0 aliphatic rings. The van der Waals surface area contributed by atoms with Gasteiger partial charge in [0.1, 0.15) is 5.75 Å². The van der Waals surface area contributed by atoms with Crippen molar-refractivity contribution in [3.8, 4) is 17.0 Å². The predicted octanol–water partition coefficient (Wildman–Crippen LogP) is 6.44. The third-order valence-corrected chi connectivity index (χ3v) is 4.32. The van der Waals surface area contributed by atoms with Gasteiger partial charge in [-0.15, -0.1) is 0 Å². The van der Waals surface area contributed by atoms with Gasteiger partial charge in [-0.1, -0.05) is 70.2 Å². The minimum atomic E-state index is 0.785. The van der Waals surface area contributed by atoms with Gasteiger partial charge in [-0.3, -0.25) is 4.98 Å². The fourth-order valence-electron chi connectivity index (χ4n) is 2.78. The molecule has 0 aliphatic carbocycles. The van der Waals surface area contributed by atoms with Crippen molar-refractivity contribution in [2.75, 3.05) is 6.61 Å². The lowest BCUT2D eigenvalue weighted by atomic mass is 10.0. The Labute approximate surface area is 147 Å². The molecular formula is C22H31NO. The van der Waals surface area contributed by atoms with E-state index in [1.807, 2.05) is 18.3 Å². The summed E-state index contributed by atoms with van der Waals surface area (Å²) in [6, 6.07) is 12.9. The van der Waals surface area contributed by atoms with Gasteiger partial charge in [0.05, 0.1) is 18.5 Å². The molecule has 1 aromatic heterocycles. The summed E-state index contributed by atoms with van der Waals surface area (Å²) in [5.74, 6) is 0.867. The van der Waals surface area contributed by atoms with Crippen LogP contribution in [0.15, 0.2) is 42.6 Å². The fraction of sp³-hybridized carbons (Fsp3) is 0.500. The van der Waals surface area contributed by atoms with Crippen molar-refractivity contribution in [2.24, 2.45) is 0 Å². The summed E-state index contributed by atoms with van der Waals surface area (Å²) < 4.78 is 5.75. The third-order valence-electron chi connectivity index (χ3n) is 4.32. The molecule has 2 aromatic rings. The molecule has 130 valence electrons. The van der Waals surface area contributed by atoms with E-state index in [0.29, 0.717) is 0 Å². The minimum Gasteiger partial charge on any atom is -0.492 e. The lowest BCUT2D eigenvalue weighted by Gasteiger charge is -2.07. The molecule has 2 heteroatoms. The first-order valence-electron chi connectivity index (χ1n) is 9.51. The molecule has 0 bridgehead atoms. The van der Waals surface area contributed by atoms with Crippen molar-refractivity contribution in [3.05, 3.63) is 48.2 Å². The zero-order chi connectivity index (χ0) is 17.0. The number of benzene rings is 1. The average Bonchev–Trinajstić information content (AvgIpc) is 2.63. The van der Waals surface area contributed by atoms with Crippen LogP contribution in [-0.4, -0.2) is 11.6 Å². The molecule has 0 radical (unpaired) electrons. The Morgan fingerprint density at radius 2 is 1.54 bits per heavy atom. The first-order valence-corrected chi connectivity index (χ1v) is 9.51. The van der Waals surface area contributed by atoms with Crippen LogP contribution in [0.25, 0.3) is 11.3 Å². The highest BCUT2D eigenvalue weighted by Crippen LogP contribution is 2.21. The second-order valence-corrected chi connectivity index (χ2v) is 6.44. The average molecular weight is 325 g/mol. The SMILES string of the molecule is CCCCCCOc1ccc(-c2ccc(CCCCC)cc2)nc1. The number of rotatable bonds is 11. The van der Waals surface area contributed by atoms with E-state index < -0.39 is 0 Å². The summed E-state index contributed by atoms with van der Waals surface area (Å²) in [6.45, 7) is 5.25. The van der Waals surface area contributed by atoms with Crippen molar-refractivity contribution in [1.29, 1.82) is 0 Å². The van der Waals surface area contributed by atoms with Crippen LogP contribution in [0.5, 0.6) is 5.75 Å². The monoisotopic (exact) mass is 325 g/mol. The zero-order valence-corrected chi connectivity index (χ0v) is 15.3. The second kappa shape index (κ2) is 10.9. The van der Waals surface area contributed by atoms with E-state index in [9.17, 15) is 0 Å². The molecule has 0 N–H and O–H groups in total. The molecule has 1 aromatic carbocycles. The van der Waals surface area contributed by atoms with Gasteiger partial charge in [-0.25, -0.2) is 0 Å². The molecule has 0 saturated carbocycles. The number of ether oxygens (including phenoxy) is 1. The Hall–Kier alpha value is -1.83. The summed E-state index contributed by atoms with van der Waals surface area (Å²) in [6.07, 6.45) is 11.8. The maximum atomic E-state index is 5.75. The van der Waals surface area contributed by atoms with Crippen LogP contribution in [0.4, 0.5) is 0 Å². The quantitative estimate of drug-likeness (QED) is 0.443. The molecule has 0 saturated heterocycles. The van der Waals surface area contributed by atoms with Crippen LogP contribution >= 0.6 is 0 Å². The first-order chi connectivity index (χ1) is 11.8. The van der Waals surface area contributed by atoms with Crippen molar-refractivity contribution in [2.45, 2.75) is 65.2 Å². The van der Waals surface area contributed by atoms with Gasteiger partial charge in [-0.2, -0.15) is 0 Å². The van der Waals surface area contributed by atoms with Crippen LogP contribution in [0, 0.1) is 0 Å². The highest BCUT2D eigenvalue weighted by molar-refractivity contribution is 5.59. The van der Waals surface area contributed by atoms with E-state index in [1.54, 1.807) is 0 Å². The number of pyridine rings is 1. The molecular weight excluding hydrogens is 294 g/mol. The van der Waals surface area contributed by atoms with E-state index in [1.165, 1.54) is 56.1 Å². The van der Waals surface area contributed by atoms with Crippen molar-refractivity contribution >= 4 is 0 Å². The third kappa shape index (κ3) is 6.35. The van der Waals surface area contributed by atoms with Gasteiger partial charge >= 0.3 is 0 Å². The van der Waals surface area contributed by atoms with Crippen LogP contribution in [0.2, 0.25) is 0 Å². The van der Waals surface area contributed by atoms with Gasteiger partial charge in [0.15, 0.2) is 0 Å². The Morgan fingerprint density at radius 1 is 0.792 bits per heavy atom. The summed E-state index contributed by atoms with van der Waals surface area (Å²) in [4.78, 5) is 4.54. The Kier molecular flexibility index (Phi) is 8.37. The molecule has 2 rings (SSSR count). The molecule has 0 spiro atoms. The number of hydrogen-bond donors (Lipinski definition) is 0. The topological polar surface area (TPSA) is 22.1 Å². The molecule has 0 fully saturated rings. The largest absolute Gasteiger partial charge is 0.492 e. The predicted molar refractivity (Wildman–Crippen MR) is 103 cm³/mol. The van der Waals surface area contributed by atoms with Gasteiger partial charge in [0.25, 0.3) is 0 Å². The maximum absolute atomic E-state index is 5.75. The number of nitrogens with zero attached hydrogens (tertiary/aromatic N) is 1. The van der Waals surface area contributed by atoms with Crippen LogP contribution in [-0.2, 0) is 6.42 Å². The highest BCUT2D eigenvalue weighted by atomic mass is 16.5. The van der Waals surface area contributed by atoms with Crippen LogP contribution < -0.4 is 4.74 Å². The van der Waals surface area contributed by atoms with E-state index in [2.05, 4.69) is 43.1 Å². The van der Waals surface area contributed by atoms with E-state index >= 15 is 0 Å². The minimum absolute atomic E-state index is 0.785. The lowest BCUT2D eigenvalue weighted by molar-refractivity contribution is 0.304. The molecule has 0 aliphatic heterocycles. The zero-order valence-electron chi connectivity index (χ0n) is 15.3. The Balaban J connectivity index is 1.83. The number of unbranched alkanes of at least 4 members (excludes halogenated alkanes) is 5. The van der Waals surface area contributed by atoms with Gasteiger partial charge in [0, 0.05) is 5.56 Å². The molecule has 0 atom stereocenters. The molecule has 24 heavy (non-hydrogen) atoms. The Bertz CT molecular complexity index is 560. The molecule has 0 unspecified atom stereocenters. The summed E-state index contributed by atoms with van der Waals surface area (Å²) in [5.41, 5.74) is 3.59. The normalized spacial score (nSPS) is 10.8. The van der Waals surface area contributed by atoms with Gasteiger partial charge < -0.3 is 4.74 Å². The molecule has 1 heterocycles. The fourth-order valence-corrected chi connectivity index (χ4v) is 2.78. The number of hydrogen-bond acceptors (Lipinski definition) is 2. The van der Waals surface area contributed by atoms with E-state index in [4.69, 9.17) is 4.74 Å². The summed E-state index contributed by atoms with van der Waals surface area (Å²) >= 11 is 0. The molecule has 2 nitrogen and oxygen atoms in total. The van der Waals surface area contributed by atoms with E-state index in [-0.39, 0.29) is 0 Å². The van der Waals surface area contributed by atoms with Crippen LogP contribution in [0.3, 0.4) is 0 Å². The van der Waals surface area contributed by atoms with Crippen molar-refractivity contribution < 1.29 is 4.74 Å². The van der Waals surface area contributed by atoms with Gasteiger partial charge in [0.2, 0.25) is 0 Å². The number of aryl methyl sites for hydroxylation is 1.